The predicted molar refractivity (Wildman–Crippen MR) is 145 cm³/mol. The van der Waals surface area contributed by atoms with E-state index < -0.39 is 5.60 Å². The van der Waals surface area contributed by atoms with E-state index in [1.807, 2.05) is 79.1 Å². The molecule has 0 unspecified atom stereocenters. The van der Waals surface area contributed by atoms with Crippen molar-refractivity contribution in [3.63, 3.8) is 0 Å². The molecule has 0 saturated carbocycles. The van der Waals surface area contributed by atoms with Crippen LogP contribution in [-0.2, 0) is 18.7 Å². The molecule has 0 radical (unpaired) electrons. The van der Waals surface area contributed by atoms with Gasteiger partial charge in [0.2, 0.25) is 0 Å². The van der Waals surface area contributed by atoms with Gasteiger partial charge in [-0.15, -0.1) is 0 Å². The maximum atomic E-state index is 13.1. The van der Waals surface area contributed by atoms with Crippen molar-refractivity contribution in [3.8, 4) is 0 Å². The molecule has 1 amide bonds. The summed E-state index contributed by atoms with van der Waals surface area (Å²) in [5.74, 6) is 0.0773. The Bertz CT molecular complexity index is 1580. The number of fused-ring (bicyclic) bond motifs is 1. The molecule has 5 rings (SSSR count). The van der Waals surface area contributed by atoms with Crippen LogP contribution in [0, 0.1) is 0 Å². The first-order valence-electron chi connectivity index (χ1n) is 12.3. The first-order chi connectivity index (χ1) is 18.0. The first kappa shape index (κ1) is 24.2. The van der Waals surface area contributed by atoms with Gasteiger partial charge in [0.1, 0.15) is 5.69 Å². The van der Waals surface area contributed by atoms with Gasteiger partial charge in [-0.05, 0) is 55.3 Å². The third-order valence-corrected chi connectivity index (χ3v) is 6.64. The number of aliphatic hydroxyl groups is 1. The summed E-state index contributed by atoms with van der Waals surface area (Å²) in [5.41, 5.74) is 1.62. The van der Waals surface area contributed by atoms with Crippen LogP contribution >= 0.6 is 0 Å². The molecule has 0 aliphatic heterocycles. The number of benzene rings is 3. The van der Waals surface area contributed by atoms with Crippen LogP contribution in [-0.4, -0.2) is 25.1 Å². The summed E-state index contributed by atoms with van der Waals surface area (Å²) < 4.78 is 3.46. The molecular weight excluding hydrogens is 464 g/mol. The van der Waals surface area contributed by atoms with E-state index in [-0.39, 0.29) is 17.2 Å². The van der Waals surface area contributed by atoms with E-state index in [1.54, 1.807) is 36.5 Å². The normalized spacial score (nSPS) is 11.5. The number of rotatable bonds is 7. The molecule has 0 fully saturated rings. The number of amides is 1. The highest BCUT2D eigenvalue weighted by Crippen LogP contribution is 2.37. The third kappa shape index (κ3) is 4.23. The Morgan fingerprint density at radius 3 is 2.14 bits per heavy atom. The molecule has 0 aliphatic carbocycles. The Hall–Kier alpha value is -4.49. The second-order valence-corrected chi connectivity index (χ2v) is 8.79. The number of aromatic nitrogens is 3. The summed E-state index contributed by atoms with van der Waals surface area (Å²) in [4.78, 5) is 30.5. The monoisotopic (exact) mass is 492 g/mol. The number of imidazole rings is 1. The van der Waals surface area contributed by atoms with Gasteiger partial charge in [-0.3, -0.25) is 9.59 Å². The van der Waals surface area contributed by atoms with Crippen molar-refractivity contribution in [2.45, 2.75) is 32.5 Å². The van der Waals surface area contributed by atoms with E-state index >= 15 is 0 Å². The SMILES string of the molecule is CCn1cccc(NC(=O)c2ccc3nc(C(O)(c4ccccc4)c4ccccc4)n(CC)c3c2)c1=O. The van der Waals surface area contributed by atoms with E-state index in [4.69, 9.17) is 4.98 Å². The van der Waals surface area contributed by atoms with Crippen molar-refractivity contribution in [2.24, 2.45) is 0 Å². The van der Waals surface area contributed by atoms with Gasteiger partial charge in [-0.2, -0.15) is 0 Å². The van der Waals surface area contributed by atoms with Crippen molar-refractivity contribution in [1.82, 2.24) is 14.1 Å². The number of hydrogen-bond acceptors (Lipinski definition) is 4. The number of hydrogen-bond donors (Lipinski definition) is 2. The topological polar surface area (TPSA) is 89.2 Å². The summed E-state index contributed by atoms with van der Waals surface area (Å²) in [6.07, 6.45) is 1.69. The minimum atomic E-state index is -1.50. The summed E-state index contributed by atoms with van der Waals surface area (Å²) in [7, 11) is 0. The van der Waals surface area contributed by atoms with Gasteiger partial charge < -0.3 is 19.6 Å². The molecule has 0 atom stereocenters. The maximum absolute atomic E-state index is 13.1. The van der Waals surface area contributed by atoms with Gasteiger partial charge >= 0.3 is 0 Å². The average molecular weight is 493 g/mol. The van der Waals surface area contributed by atoms with Gasteiger partial charge in [0.05, 0.1) is 11.0 Å². The smallest absolute Gasteiger partial charge is 0.274 e. The molecule has 0 aliphatic rings. The lowest BCUT2D eigenvalue weighted by Crippen LogP contribution is -2.32. The summed E-state index contributed by atoms with van der Waals surface area (Å²) in [6.45, 7) is 4.89. The van der Waals surface area contributed by atoms with Gasteiger partial charge in [-0.25, -0.2) is 4.98 Å². The van der Waals surface area contributed by atoms with Crippen LogP contribution < -0.4 is 10.9 Å². The van der Waals surface area contributed by atoms with E-state index in [2.05, 4.69) is 5.32 Å². The van der Waals surface area contributed by atoms with Gasteiger partial charge in [0, 0.05) is 24.8 Å². The molecule has 3 aromatic carbocycles. The fourth-order valence-corrected chi connectivity index (χ4v) is 4.72. The molecular formula is C30H28N4O3. The molecule has 186 valence electrons. The lowest BCUT2D eigenvalue weighted by Gasteiger charge is -2.29. The largest absolute Gasteiger partial charge is 0.373 e. The van der Waals surface area contributed by atoms with Gasteiger partial charge in [-0.1, -0.05) is 60.7 Å². The number of pyridine rings is 1. The number of nitrogens with one attached hydrogen (secondary N) is 1. The van der Waals surface area contributed by atoms with Gasteiger partial charge in [0.15, 0.2) is 11.4 Å². The number of aryl methyl sites for hydroxylation is 2. The summed E-state index contributed by atoms with van der Waals surface area (Å²) in [6, 6.07) is 27.4. The highest BCUT2D eigenvalue weighted by molar-refractivity contribution is 6.05. The van der Waals surface area contributed by atoms with Crippen LogP contribution in [0.5, 0.6) is 0 Å². The zero-order valence-corrected chi connectivity index (χ0v) is 20.8. The summed E-state index contributed by atoms with van der Waals surface area (Å²) >= 11 is 0. The predicted octanol–water partition coefficient (Wildman–Crippen LogP) is 4.77. The van der Waals surface area contributed by atoms with Gasteiger partial charge in [0.25, 0.3) is 11.5 Å². The highest BCUT2D eigenvalue weighted by Gasteiger charge is 2.38. The second-order valence-electron chi connectivity index (χ2n) is 8.79. The summed E-state index contributed by atoms with van der Waals surface area (Å²) in [5, 5.41) is 15.0. The standard InChI is InChI=1S/C30H28N4O3/c1-3-33-19-11-16-25(28(33)36)31-27(35)21-17-18-24-26(20-21)34(4-2)29(32-24)30(37,22-12-7-5-8-13-22)23-14-9-6-10-15-23/h5-20,37H,3-4H2,1-2H3,(H,31,35). The fourth-order valence-electron chi connectivity index (χ4n) is 4.72. The van der Waals surface area contributed by atoms with E-state index in [0.717, 1.165) is 5.52 Å². The zero-order valence-electron chi connectivity index (χ0n) is 20.8. The van der Waals surface area contributed by atoms with Crippen LogP contribution in [0.15, 0.2) is 102 Å². The van der Waals surface area contributed by atoms with Crippen molar-refractivity contribution in [2.75, 3.05) is 5.32 Å². The molecule has 0 saturated heterocycles. The lowest BCUT2D eigenvalue weighted by atomic mass is 9.85. The number of carbonyl (C=O) groups is 1. The Morgan fingerprint density at radius 2 is 1.54 bits per heavy atom. The zero-order chi connectivity index (χ0) is 26.0. The minimum absolute atomic E-state index is 0.224. The molecule has 0 spiro atoms. The van der Waals surface area contributed by atoms with Crippen LogP contribution in [0.1, 0.15) is 41.2 Å². The fraction of sp³-hybridized carbons (Fsp3) is 0.167. The molecule has 5 aromatic rings. The third-order valence-electron chi connectivity index (χ3n) is 6.64. The highest BCUT2D eigenvalue weighted by atomic mass is 16.3. The molecule has 37 heavy (non-hydrogen) atoms. The van der Waals surface area contributed by atoms with E-state index in [9.17, 15) is 14.7 Å². The van der Waals surface area contributed by atoms with Crippen molar-refractivity contribution in [3.05, 3.63) is 130 Å². The quantitative estimate of drug-likeness (QED) is 0.342. The van der Waals surface area contributed by atoms with Crippen molar-refractivity contribution >= 4 is 22.6 Å². The molecule has 2 aromatic heterocycles. The molecule has 0 bridgehead atoms. The number of anilines is 1. The van der Waals surface area contributed by atoms with Crippen LogP contribution in [0.3, 0.4) is 0 Å². The molecule has 2 heterocycles. The first-order valence-corrected chi connectivity index (χ1v) is 12.3. The Kier molecular flexibility index (Phi) is 6.46. The lowest BCUT2D eigenvalue weighted by molar-refractivity contribution is 0.102. The molecule has 2 N–H and O–H groups in total. The Morgan fingerprint density at radius 1 is 0.892 bits per heavy atom. The molecule has 7 nitrogen and oxygen atoms in total. The van der Waals surface area contributed by atoms with Crippen molar-refractivity contribution < 1.29 is 9.90 Å². The van der Waals surface area contributed by atoms with Crippen LogP contribution in [0.25, 0.3) is 11.0 Å². The number of nitrogens with zero attached hydrogens (tertiary/aromatic N) is 3. The van der Waals surface area contributed by atoms with Crippen LogP contribution in [0.4, 0.5) is 5.69 Å². The minimum Gasteiger partial charge on any atom is -0.373 e. The maximum Gasteiger partial charge on any atom is 0.274 e. The van der Waals surface area contributed by atoms with E-state index in [1.165, 1.54) is 4.57 Å². The Balaban J connectivity index is 1.62. The second kappa shape index (κ2) is 9.87. The Labute approximate surface area is 214 Å². The number of carbonyl (C=O) groups excluding carboxylic acids is 1. The van der Waals surface area contributed by atoms with E-state index in [0.29, 0.717) is 41.1 Å². The van der Waals surface area contributed by atoms with Crippen LogP contribution in [0.2, 0.25) is 0 Å². The van der Waals surface area contributed by atoms with Crippen molar-refractivity contribution in [1.29, 1.82) is 0 Å². The average Bonchev–Trinajstić information content (AvgIpc) is 3.33. The molecule has 7 heteroatoms.